The molecule has 2 aliphatic rings. The Hall–Kier alpha value is -1.38. The molecule has 0 saturated carbocycles. The predicted molar refractivity (Wildman–Crippen MR) is 72.6 cm³/mol. The van der Waals surface area contributed by atoms with E-state index in [2.05, 4.69) is 24.4 Å². The van der Waals surface area contributed by atoms with Crippen LogP contribution in [0.25, 0.3) is 0 Å². The zero-order valence-electron chi connectivity index (χ0n) is 11.0. The van der Waals surface area contributed by atoms with Crippen molar-refractivity contribution in [2.24, 2.45) is 5.92 Å². The molecule has 1 N–H and O–H groups in total. The van der Waals surface area contributed by atoms with Crippen LogP contribution in [0.1, 0.15) is 31.7 Å². The summed E-state index contributed by atoms with van der Waals surface area (Å²) in [6, 6.07) is 4.28. The first-order valence-electron chi connectivity index (χ1n) is 7.03. The fourth-order valence-electron chi connectivity index (χ4n) is 2.83. The van der Waals surface area contributed by atoms with Crippen LogP contribution in [0.5, 0.6) is 11.5 Å². The van der Waals surface area contributed by atoms with Crippen LogP contribution in [0.4, 0.5) is 5.69 Å². The van der Waals surface area contributed by atoms with Crippen LogP contribution in [0.2, 0.25) is 0 Å². The van der Waals surface area contributed by atoms with E-state index in [0.29, 0.717) is 0 Å². The topological polar surface area (TPSA) is 30.5 Å². The molecule has 0 saturated heterocycles. The maximum Gasteiger partial charge on any atom is 0.163 e. The van der Waals surface area contributed by atoms with Gasteiger partial charge in [-0.05, 0) is 30.4 Å². The van der Waals surface area contributed by atoms with Crippen LogP contribution in [0.3, 0.4) is 0 Å². The summed E-state index contributed by atoms with van der Waals surface area (Å²) in [5, 5.41) is 3.53. The highest BCUT2D eigenvalue weighted by Crippen LogP contribution is 2.38. The molecule has 0 bridgehead atoms. The van der Waals surface area contributed by atoms with Crippen LogP contribution in [0, 0.1) is 5.92 Å². The lowest BCUT2D eigenvalue weighted by Gasteiger charge is -2.27. The minimum absolute atomic E-state index is 0.754. The lowest BCUT2D eigenvalue weighted by atomic mass is 9.90. The van der Waals surface area contributed by atoms with Gasteiger partial charge in [0.15, 0.2) is 11.5 Å². The number of rotatable bonds is 2. The van der Waals surface area contributed by atoms with Gasteiger partial charge in [0.2, 0.25) is 0 Å². The fourth-order valence-corrected chi connectivity index (χ4v) is 2.83. The van der Waals surface area contributed by atoms with Crippen molar-refractivity contribution in [1.82, 2.24) is 0 Å². The number of fused-ring (bicyclic) bond motifs is 2. The van der Waals surface area contributed by atoms with Crippen molar-refractivity contribution >= 4 is 5.69 Å². The molecule has 3 rings (SSSR count). The summed E-state index contributed by atoms with van der Waals surface area (Å²) in [7, 11) is 0. The SMILES string of the molecule is CCCC1CNc2cc3c(cc2C1)OCCCO3. The molecule has 1 unspecified atom stereocenters. The standard InChI is InChI=1S/C15H21NO2/c1-2-4-11-7-12-8-14-15(9-13(12)16-10-11)18-6-3-5-17-14/h8-9,11,16H,2-7,10H2,1H3. The van der Waals surface area contributed by atoms with Crippen molar-refractivity contribution in [2.45, 2.75) is 32.6 Å². The largest absolute Gasteiger partial charge is 0.490 e. The number of hydrogen-bond acceptors (Lipinski definition) is 3. The molecule has 2 aliphatic heterocycles. The molecule has 1 aromatic carbocycles. The Morgan fingerprint density at radius 3 is 2.78 bits per heavy atom. The second-order valence-corrected chi connectivity index (χ2v) is 5.25. The Kier molecular flexibility index (Phi) is 3.31. The van der Waals surface area contributed by atoms with E-state index in [4.69, 9.17) is 9.47 Å². The van der Waals surface area contributed by atoms with Crippen LogP contribution in [-0.2, 0) is 6.42 Å². The third-order valence-corrected chi connectivity index (χ3v) is 3.76. The van der Waals surface area contributed by atoms with E-state index in [1.807, 2.05) is 0 Å². The molecule has 2 heterocycles. The van der Waals surface area contributed by atoms with Gasteiger partial charge in [0.25, 0.3) is 0 Å². The Morgan fingerprint density at radius 2 is 2.00 bits per heavy atom. The zero-order valence-corrected chi connectivity index (χ0v) is 11.0. The second-order valence-electron chi connectivity index (χ2n) is 5.25. The van der Waals surface area contributed by atoms with E-state index in [0.717, 1.165) is 50.0 Å². The van der Waals surface area contributed by atoms with Gasteiger partial charge in [0.1, 0.15) is 0 Å². The zero-order chi connectivity index (χ0) is 12.4. The van der Waals surface area contributed by atoms with Crippen LogP contribution >= 0.6 is 0 Å². The Balaban J connectivity index is 1.86. The molecule has 1 aromatic rings. The predicted octanol–water partition coefficient (Wildman–Crippen LogP) is 3.23. The molecule has 3 nitrogen and oxygen atoms in total. The molecule has 3 heteroatoms. The number of benzene rings is 1. The summed E-state index contributed by atoms with van der Waals surface area (Å²) in [6.07, 6.45) is 4.67. The maximum absolute atomic E-state index is 5.76. The van der Waals surface area contributed by atoms with Gasteiger partial charge in [-0.25, -0.2) is 0 Å². The molecule has 0 amide bonds. The number of anilines is 1. The normalized spacial score (nSPS) is 21.7. The molecule has 0 aromatic heterocycles. The fraction of sp³-hybridized carbons (Fsp3) is 0.600. The minimum Gasteiger partial charge on any atom is -0.490 e. The molecule has 18 heavy (non-hydrogen) atoms. The van der Waals surface area contributed by atoms with Gasteiger partial charge in [0, 0.05) is 24.7 Å². The van der Waals surface area contributed by atoms with Gasteiger partial charge in [-0.3, -0.25) is 0 Å². The quantitative estimate of drug-likeness (QED) is 0.870. The van der Waals surface area contributed by atoms with E-state index in [-0.39, 0.29) is 0 Å². The summed E-state index contributed by atoms with van der Waals surface area (Å²) in [5.74, 6) is 2.57. The van der Waals surface area contributed by atoms with Gasteiger partial charge in [0.05, 0.1) is 13.2 Å². The third kappa shape index (κ3) is 2.26. The lowest BCUT2D eigenvalue weighted by molar-refractivity contribution is 0.297. The van der Waals surface area contributed by atoms with Crippen molar-refractivity contribution < 1.29 is 9.47 Å². The first-order chi connectivity index (χ1) is 8.86. The summed E-state index contributed by atoms with van der Waals surface area (Å²) < 4.78 is 11.5. The van der Waals surface area contributed by atoms with Crippen LogP contribution in [-0.4, -0.2) is 19.8 Å². The number of ether oxygens (including phenoxy) is 2. The molecule has 0 aliphatic carbocycles. The van der Waals surface area contributed by atoms with Gasteiger partial charge in [-0.15, -0.1) is 0 Å². The average Bonchev–Trinajstić information content (AvgIpc) is 2.61. The third-order valence-electron chi connectivity index (χ3n) is 3.76. The Morgan fingerprint density at radius 1 is 1.22 bits per heavy atom. The molecular formula is C15H21NO2. The summed E-state index contributed by atoms with van der Waals surface area (Å²) in [6.45, 7) is 4.85. The highest BCUT2D eigenvalue weighted by Gasteiger charge is 2.21. The highest BCUT2D eigenvalue weighted by atomic mass is 16.5. The van der Waals surface area contributed by atoms with E-state index in [9.17, 15) is 0 Å². The molecule has 98 valence electrons. The van der Waals surface area contributed by atoms with Crippen molar-refractivity contribution in [3.63, 3.8) is 0 Å². The highest BCUT2D eigenvalue weighted by molar-refractivity contribution is 5.62. The smallest absolute Gasteiger partial charge is 0.163 e. The first-order valence-corrected chi connectivity index (χ1v) is 7.03. The molecule has 1 atom stereocenters. The van der Waals surface area contributed by atoms with E-state index < -0.39 is 0 Å². The van der Waals surface area contributed by atoms with Gasteiger partial charge in [-0.2, -0.15) is 0 Å². The average molecular weight is 247 g/mol. The van der Waals surface area contributed by atoms with E-state index >= 15 is 0 Å². The van der Waals surface area contributed by atoms with Crippen molar-refractivity contribution in [3.8, 4) is 11.5 Å². The summed E-state index contributed by atoms with van der Waals surface area (Å²) >= 11 is 0. The van der Waals surface area contributed by atoms with Gasteiger partial charge < -0.3 is 14.8 Å². The first kappa shape index (κ1) is 11.7. The Bertz CT molecular complexity index is 431. The Labute approximate surface area is 108 Å². The monoisotopic (exact) mass is 247 g/mol. The lowest BCUT2D eigenvalue weighted by Crippen LogP contribution is -2.23. The van der Waals surface area contributed by atoms with Crippen molar-refractivity contribution in [3.05, 3.63) is 17.7 Å². The number of hydrogen-bond donors (Lipinski definition) is 1. The minimum atomic E-state index is 0.754. The van der Waals surface area contributed by atoms with Gasteiger partial charge in [-0.1, -0.05) is 13.3 Å². The van der Waals surface area contributed by atoms with E-state index in [1.165, 1.54) is 24.1 Å². The van der Waals surface area contributed by atoms with Crippen molar-refractivity contribution in [1.29, 1.82) is 0 Å². The number of nitrogens with one attached hydrogen (secondary N) is 1. The molecular weight excluding hydrogens is 226 g/mol. The van der Waals surface area contributed by atoms with E-state index in [1.54, 1.807) is 0 Å². The second kappa shape index (κ2) is 5.09. The molecule has 0 radical (unpaired) electrons. The van der Waals surface area contributed by atoms with Crippen molar-refractivity contribution in [2.75, 3.05) is 25.1 Å². The summed E-state index contributed by atoms with van der Waals surface area (Å²) in [4.78, 5) is 0. The van der Waals surface area contributed by atoms with Crippen LogP contribution < -0.4 is 14.8 Å². The maximum atomic E-state index is 5.76. The summed E-state index contributed by atoms with van der Waals surface area (Å²) in [5.41, 5.74) is 2.61. The molecule has 0 fully saturated rings. The van der Waals surface area contributed by atoms with Gasteiger partial charge >= 0.3 is 0 Å². The van der Waals surface area contributed by atoms with Crippen LogP contribution in [0.15, 0.2) is 12.1 Å². The molecule has 0 spiro atoms.